The Labute approximate surface area is 65.9 Å². The predicted octanol–water partition coefficient (Wildman–Crippen LogP) is 2.47. The van der Waals surface area contributed by atoms with Gasteiger partial charge in [0.2, 0.25) is 0 Å². The van der Waals surface area contributed by atoms with Crippen molar-refractivity contribution >= 4 is 11.3 Å². The summed E-state index contributed by atoms with van der Waals surface area (Å²) in [5, 5.41) is 2.14. The Morgan fingerprint density at radius 3 is 2.80 bits per heavy atom. The Hall–Kier alpha value is -0.340. The van der Waals surface area contributed by atoms with E-state index in [1.54, 1.807) is 11.3 Å². The monoisotopic (exact) mass is 155 g/mol. The van der Waals surface area contributed by atoms with Gasteiger partial charge in [0.25, 0.3) is 0 Å². The summed E-state index contributed by atoms with van der Waals surface area (Å²) in [7, 11) is 0. The van der Waals surface area contributed by atoms with Crippen LogP contribution in [0, 0.1) is 6.92 Å². The van der Waals surface area contributed by atoms with Gasteiger partial charge < -0.3 is 5.73 Å². The van der Waals surface area contributed by atoms with Gasteiger partial charge in [-0.15, -0.1) is 11.3 Å². The lowest BCUT2D eigenvalue weighted by Gasteiger charge is -2.03. The number of hydrogen-bond donors (Lipinski definition) is 1. The van der Waals surface area contributed by atoms with Crippen LogP contribution < -0.4 is 5.73 Å². The minimum absolute atomic E-state index is 0.241. The van der Waals surface area contributed by atoms with Gasteiger partial charge in [0, 0.05) is 10.9 Å². The molecule has 0 saturated carbocycles. The van der Waals surface area contributed by atoms with Crippen molar-refractivity contribution in [3.63, 3.8) is 0 Å². The SMILES string of the molecule is CC[C@@H](N)c1csc(C)c1. The van der Waals surface area contributed by atoms with E-state index in [0.717, 1.165) is 6.42 Å². The fourth-order valence-corrected chi connectivity index (χ4v) is 1.66. The Kier molecular flexibility index (Phi) is 2.46. The second-order valence-corrected chi connectivity index (χ2v) is 3.62. The maximum atomic E-state index is 5.81. The summed E-state index contributed by atoms with van der Waals surface area (Å²) in [6.45, 7) is 4.22. The van der Waals surface area contributed by atoms with Gasteiger partial charge in [-0.05, 0) is 30.4 Å². The highest BCUT2D eigenvalue weighted by atomic mass is 32.1. The van der Waals surface area contributed by atoms with E-state index in [4.69, 9.17) is 5.73 Å². The lowest BCUT2D eigenvalue weighted by Crippen LogP contribution is -2.06. The van der Waals surface area contributed by atoms with Crippen molar-refractivity contribution in [1.82, 2.24) is 0 Å². The third-order valence-electron chi connectivity index (χ3n) is 1.62. The molecule has 1 nitrogen and oxygen atoms in total. The van der Waals surface area contributed by atoms with Crippen LogP contribution in [-0.2, 0) is 0 Å². The van der Waals surface area contributed by atoms with E-state index in [1.165, 1.54) is 10.4 Å². The van der Waals surface area contributed by atoms with E-state index < -0.39 is 0 Å². The zero-order valence-electron chi connectivity index (χ0n) is 6.42. The van der Waals surface area contributed by atoms with Crippen molar-refractivity contribution < 1.29 is 0 Å². The van der Waals surface area contributed by atoms with Crippen LogP contribution in [0.5, 0.6) is 0 Å². The van der Waals surface area contributed by atoms with Crippen LogP contribution in [0.3, 0.4) is 0 Å². The van der Waals surface area contributed by atoms with Crippen molar-refractivity contribution in [2.45, 2.75) is 26.3 Å². The van der Waals surface area contributed by atoms with Gasteiger partial charge in [-0.1, -0.05) is 6.92 Å². The minimum atomic E-state index is 0.241. The number of aryl methyl sites for hydroxylation is 1. The standard InChI is InChI=1S/C8H13NS/c1-3-8(9)7-4-6(2)10-5-7/h4-5,8H,3,9H2,1-2H3/t8-/m1/s1. The number of rotatable bonds is 2. The molecule has 1 aromatic rings. The van der Waals surface area contributed by atoms with Crippen molar-refractivity contribution in [3.05, 3.63) is 21.9 Å². The molecule has 0 aliphatic carbocycles. The van der Waals surface area contributed by atoms with Crippen molar-refractivity contribution in [3.8, 4) is 0 Å². The molecule has 0 spiro atoms. The molecular formula is C8H13NS. The maximum absolute atomic E-state index is 5.81. The zero-order valence-corrected chi connectivity index (χ0v) is 7.24. The van der Waals surface area contributed by atoms with Crippen LogP contribution in [-0.4, -0.2) is 0 Å². The Bertz CT molecular complexity index is 205. The van der Waals surface area contributed by atoms with E-state index in [-0.39, 0.29) is 6.04 Å². The van der Waals surface area contributed by atoms with Crippen LogP contribution in [0.1, 0.15) is 29.8 Å². The third kappa shape index (κ3) is 1.58. The summed E-state index contributed by atoms with van der Waals surface area (Å²) >= 11 is 1.77. The smallest absolute Gasteiger partial charge is 0.0300 e. The average Bonchev–Trinajstić information content (AvgIpc) is 2.34. The Morgan fingerprint density at radius 1 is 1.70 bits per heavy atom. The van der Waals surface area contributed by atoms with Gasteiger partial charge in [0.1, 0.15) is 0 Å². The minimum Gasteiger partial charge on any atom is -0.324 e. The van der Waals surface area contributed by atoms with Gasteiger partial charge in [0.15, 0.2) is 0 Å². The second kappa shape index (κ2) is 3.17. The van der Waals surface area contributed by atoms with E-state index >= 15 is 0 Å². The molecule has 1 heterocycles. The van der Waals surface area contributed by atoms with Crippen LogP contribution in [0.25, 0.3) is 0 Å². The lowest BCUT2D eigenvalue weighted by atomic mass is 10.1. The first-order valence-electron chi connectivity index (χ1n) is 3.54. The fourth-order valence-electron chi connectivity index (χ4n) is 0.894. The Balaban J connectivity index is 2.74. The highest BCUT2D eigenvalue weighted by molar-refractivity contribution is 7.10. The molecule has 10 heavy (non-hydrogen) atoms. The molecular weight excluding hydrogens is 142 g/mol. The maximum Gasteiger partial charge on any atom is 0.0300 e. The molecule has 0 fully saturated rings. The molecule has 2 N–H and O–H groups in total. The molecule has 0 radical (unpaired) electrons. The highest BCUT2D eigenvalue weighted by Crippen LogP contribution is 2.20. The van der Waals surface area contributed by atoms with Gasteiger partial charge in [0.05, 0.1) is 0 Å². The largest absolute Gasteiger partial charge is 0.324 e. The third-order valence-corrected chi connectivity index (χ3v) is 2.50. The zero-order chi connectivity index (χ0) is 7.56. The quantitative estimate of drug-likeness (QED) is 0.697. The van der Waals surface area contributed by atoms with Crippen molar-refractivity contribution in [2.75, 3.05) is 0 Å². The van der Waals surface area contributed by atoms with Crippen LogP contribution in [0.2, 0.25) is 0 Å². The molecule has 2 heteroatoms. The van der Waals surface area contributed by atoms with E-state index in [1.807, 2.05) is 0 Å². The summed E-state index contributed by atoms with van der Waals surface area (Å²) in [6.07, 6.45) is 1.02. The number of thiophene rings is 1. The second-order valence-electron chi connectivity index (χ2n) is 2.51. The Morgan fingerprint density at radius 2 is 2.40 bits per heavy atom. The average molecular weight is 155 g/mol. The molecule has 0 saturated heterocycles. The normalized spacial score (nSPS) is 13.5. The summed E-state index contributed by atoms with van der Waals surface area (Å²) < 4.78 is 0. The van der Waals surface area contributed by atoms with Crippen LogP contribution in [0.15, 0.2) is 11.4 Å². The van der Waals surface area contributed by atoms with Crippen LogP contribution in [0.4, 0.5) is 0 Å². The van der Waals surface area contributed by atoms with Crippen molar-refractivity contribution in [2.24, 2.45) is 5.73 Å². The highest BCUT2D eigenvalue weighted by Gasteiger charge is 2.03. The molecule has 0 aliphatic heterocycles. The molecule has 1 atom stereocenters. The predicted molar refractivity (Wildman–Crippen MR) is 46.3 cm³/mol. The van der Waals surface area contributed by atoms with Crippen molar-refractivity contribution in [1.29, 1.82) is 0 Å². The molecule has 0 aromatic carbocycles. The van der Waals surface area contributed by atoms with E-state index in [9.17, 15) is 0 Å². The molecule has 0 aliphatic rings. The van der Waals surface area contributed by atoms with Gasteiger partial charge in [-0.25, -0.2) is 0 Å². The molecule has 1 aromatic heterocycles. The molecule has 0 bridgehead atoms. The summed E-state index contributed by atoms with van der Waals surface area (Å²) in [6, 6.07) is 2.41. The van der Waals surface area contributed by atoms with Gasteiger partial charge >= 0.3 is 0 Å². The first-order chi connectivity index (χ1) is 4.74. The number of nitrogens with two attached hydrogens (primary N) is 1. The summed E-state index contributed by atoms with van der Waals surface area (Å²) in [5.74, 6) is 0. The van der Waals surface area contributed by atoms with E-state index in [0.29, 0.717) is 0 Å². The molecule has 0 amide bonds. The topological polar surface area (TPSA) is 26.0 Å². The first-order valence-corrected chi connectivity index (χ1v) is 4.42. The lowest BCUT2D eigenvalue weighted by molar-refractivity contribution is 0.701. The van der Waals surface area contributed by atoms with E-state index in [2.05, 4.69) is 25.3 Å². The summed E-state index contributed by atoms with van der Waals surface area (Å²) in [4.78, 5) is 1.35. The molecule has 56 valence electrons. The van der Waals surface area contributed by atoms with Crippen LogP contribution >= 0.6 is 11.3 Å². The van der Waals surface area contributed by atoms with Gasteiger partial charge in [-0.2, -0.15) is 0 Å². The molecule has 0 unspecified atom stereocenters. The fraction of sp³-hybridized carbons (Fsp3) is 0.500. The summed E-state index contributed by atoms with van der Waals surface area (Å²) in [5.41, 5.74) is 7.10. The molecule has 1 rings (SSSR count). The number of hydrogen-bond acceptors (Lipinski definition) is 2. The van der Waals surface area contributed by atoms with Gasteiger partial charge in [-0.3, -0.25) is 0 Å². The first kappa shape index (κ1) is 7.76.